The summed E-state index contributed by atoms with van der Waals surface area (Å²) in [5.74, 6) is 0. The summed E-state index contributed by atoms with van der Waals surface area (Å²) >= 11 is 7.15. The van der Waals surface area contributed by atoms with Crippen LogP contribution in [0, 0.1) is 0 Å². The molecule has 2 nitrogen and oxygen atoms in total. The van der Waals surface area contributed by atoms with Gasteiger partial charge in [-0.05, 0) is 90.2 Å². The number of rotatable bonds is 4. The van der Waals surface area contributed by atoms with Crippen molar-refractivity contribution in [3.8, 4) is 11.1 Å². The summed E-state index contributed by atoms with van der Waals surface area (Å²) in [7, 11) is 0. The highest BCUT2D eigenvalue weighted by Gasteiger charge is 2.38. The van der Waals surface area contributed by atoms with Crippen LogP contribution in [0.4, 0.5) is 17.1 Å². The van der Waals surface area contributed by atoms with E-state index in [0.29, 0.717) is 6.10 Å². The fourth-order valence-electron chi connectivity index (χ4n) is 4.93. The molecule has 2 atom stereocenters. The molecule has 0 radical (unpaired) electrons. The number of benzene rings is 4. The lowest BCUT2D eigenvalue weighted by molar-refractivity contribution is 0.0717. The summed E-state index contributed by atoms with van der Waals surface area (Å²) in [4.78, 5) is 2.32. The average Bonchev–Trinajstić information content (AvgIpc) is 3.45. The average molecular weight is 547 g/mol. The number of hydrogen-bond donors (Lipinski definition) is 0. The number of para-hydroxylation sites is 1. The van der Waals surface area contributed by atoms with E-state index >= 15 is 0 Å². The quantitative estimate of drug-likeness (QED) is 0.253. The zero-order valence-corrected chi connectivity index (χ0v) is 20.5. The van der Waals surface area contributed by atoms with Crippen molar-refractivity contribution in [3.63, 3.8) is 0 Å². The predicted octanol–water partition coefficient (Wildman–Crippen LogP) is 9.25. The van der Waals surface area contributed by atoms with Crippen LogP contribution in [-0.4, -0.2) is 0 Å². The largest absolute Gasteiger partial charge is 0.366 e. The van der Waals surface area contributed by atoms with E-state index < -0.39 is 0 Å². The molecule has 4 aromatic rings. The van der Waals surface area contributed by atoms with E-state index in [0.717, 1.165) is 38.8 Å². The third-order valence-corrected chi connectivity index (χ3v) is 7.48. The molecule has 4 heteroatoms. The third-order valence-electron chi connectivity index (χ3n) is 6.43. The van der Waals surface area contributed by atoms with Gasteiger partial charge < -0.3 is 9.64 Å². The van der Waals surface area contributed by atoms with E-state index in [-0.39, 0.29) is 6.10 Å². The molecule has 0 amide bonds. The van der Waals surface area contributed by atoms with Gasteiger partial charge in [0.15, 0.2) is 0 Å². The number of fused-ring (bicyclic) bond motifs is 5. The normalized spacial score (nSPS) is 18.6. The van der Waals surface area contributed by atoms with Crippen molar-refractivity contribution in [3.05, 3.63) is 111 Å². The highest BCUT2D eigenvalue weighted by molar-refractivity contribution is 9.10. The number of ether oxygens (including phenoxy) is 1. The molecule has 0 saturated carbocycles. The highest BCUT2D eigenvalue weighted by Crippen LogP contribution is 2.52. The van der Waals surface area contributed by atoms with Crippen LogP contribution in [0.1, 0.15) is 36.2 Å². The van der Waals surface area contributed by atoms with Crippen molar-refractivity contribution in [2.24, 2.45) is 0 Å². The van der Waals surface area contributed by atoms with E-state index in [2.05, 4.69) is 128 Å². The Labute approximate surface area is 205 Å². The van der Waals surface area contributed by atoms with Crippen molar-refractivity contribution in [1.29, 1.82) is 0 Å². The van der Waals surface area contributed by atoms with Gasteiger partial charge in [-0.25, -0.2) is 0 Å². The van der Waals surface area contributed by atoms with Crippen LogP contribution >= 0.6 is 31.9 Å². The summed E-state index contributed by atoms with van der Waals surface area (Å²) in [5, 5.41) is 0. The van der Waals surface area contributed by atoms with Crippen LogP contribution in [0.25, 0.3) is 11.1 Å². The van der Waals surface area contributed by atoms with Crippen LogP contribution in [0.15, 0.2) is 99.9 Å². The van der Waals surface area contributed by atoms with Gasteiger partial charge in [0, 0.05) is 25.9 Å². The molecule has 0 aromatic heterocycles. The van der Waals surface area contributed by atoms with Crippen LogP contribution in [-0.2, 0) is 4.74 Å². The van der Waals surface area contributed by atoms with Gasteiger partial charge in [-0.2, -0.15) is 0 Å². The second-order valence-corrected chi connectivity index (χ2v) is 10.2. The van der Waals surface area contributed by atoms with E-state index in [4.69, 9.17) is 4.74 Å². The van der Waals surface area contributed by atoms with Crippen molar-refractivity contribution in [2.45, 2.75) is 25.0 Å². The molecule has 158 valence electrons. The molecular formula is C28H21Br2NO. The Kier molecular flexibility index (Phi) is 5.17. The zero-order valence-electron chi connectivity index (χ0n) is 17.3. The molecule has 1 fully saturated rings. The van der Waals surface area contributed by atoms with Crippen LogP contribution in [0.5, 0.6) is 0 Å². The minimum Gasteiger partial charge on any atom is -0.366 e. The first-order valence-corrected chi connectivity index (χ1v) is 12.5. The van der Waals surface area contributed by atoms with Gasteiger partial charge in [0.2, 0.25) is 0 Å². The lowest BCUT2D eigenvalue weighted by Gasteiger charge is -2.28. The summed E-state index contributed by atoms with van der Waals surface area (Å²) in [6.45, 7) is 0. The summed E-state index contributed by atoms with van der Waals surface area (Å²) in [6, 6.07) is 32.5. The molecule has 2 heterocycles. The maximum atomic E-state index is 6.15. The summed E-state index contributed by atoms with van der Waals surface area (Å²) < 4.78 is 8.29. The fraction of sp³-hybridized carbons (Fsp3) is 0.143. The Morgan fingerprint density at radius 3 is 1.91 bits per heavy atom. The standard InChI is InChI=1S/C28H21Br2NO/c29-19-6-10-21(11-7-19)31(22-12-8-20(30)9-13-22)26-4-2-1-3-23(26)18-5-14-24-25(17-18)28-16-15-27(24)32-28/h1-14,17,27-28H,15-16H2. The molecule has 0 N–H and O–H groups in total. The van der Waals surface area contributed by atoms with Crippen LogP contribution < -0.4 is 4.90 Å². The molecule has 0 aliphatic carbocycles. The minimum absolute atomic E-state index is 0.260. The van der Waals surface area contributed by atoms with Gasteiger partial charge in [-0.15, -0.1) is 0 Å². The van der Waals surface area contributed by atoms with Crippen molar-refractivity contribution < 1.29 is 4.74 Å². The lowest BCUT2D eigenvalue weighted by Crippen LogP contribution is -2.11. The maximum Gasteiger partial charge on any atom is 0.0838 e. The van der Waals surface area contributed by atoms with Gasteiger partial charge in [0.1, 0.15) is 0 Å². The molecule has 2 unspecified atom stereocenters. The lowest BCUT2D eigenvalue weighted by atomic mass is 9.88. The highest BCUT2D eigenvalue weighted by atomic mass is 79.9. The Morgan fingerprint density at radius 2 is 1.25 bits per heavy atom. The second-order valence-electron chi connectivity index (χ2n) is 8.34. The maximum absolute atomic E-state index is 6.15. The number of hydrogen-bond acceptors (Lipinski definition) is 2. The molecule has 2 aliphatic heterocycles. The Balaban J connectivity index is 1.51. The first kappa shape index (κ1) is 20.2. The van der Waals surface area contributed by atoms with Gasteiger partial charge in [0.25, 0.3) is 0 Å². The zero-order chi connectivity index (χ0) is 21.7. The summed E-state index contributed by atoms with van der Waals surface area (Å²) in [6.07, 6.45) is 2.83. The number of nitrogens with zero attached hydrogens (tertiary/aromatic N) is 1. The van der Waals surface area contributed by atoms with E-state index in [1.807, 2.05) is 0 Å². The third kappa shape index (κ3) is 3.51. The van der Waals surface area contributed by atoms with E-state index in [1.54, 1.807) is 0 Å². The second kappa shape index (κ2) is 8.18. The number of halogens is 2. The molecule has 6 rings (SSSR count). The molecule has 0 spiro atoms. The van der Waals surface area contributed by atoms with Gasteiger partial charge >= 0.3 is 0 Å². The van der Waals surface area contributed by atoms with Crippen molar-refractivity contribution in [1.82, 2.24) is 0 Å². The van der Waals surface area contributed by atoms with Gasteiger partial charge in [0.05, 0.1) is 17.9 Å². The first-order chi connectivity index (χ1) is 15.7. The SMILES string of the molecule is Brc1ccc(N(c2ccc(Br)cc2)c2ccccc2-c2ccc3c(c2)C2CCC3O2)cc1. The van der Waals surface area contributed by atoms with Gasteiger partial charge in [-0.1, -0.05) is 62.2 Å². The Bertz CT molecular complexity index is 1240. The molecule has 1 saturated heterocycles. The Morgan fingerprint density at radius 1 is 0.656 bits per heavy atom. The topological polar surface area (TPSA) is 12.5 Å². The predicted molar refractivity (Wildman–Crippen MR) is 138 cm³/mol. The van der Waals surface area contributed by atoms with Crippen molar-refractivity contribution in [2.75, 3.05) is 4.90 Å². The monoisotopic (exact) mass is 545 g/mol. The molecule has 4 aromatic carbocycles. The minimum atomic E-state index is 0.260. The van der Waals surface area contributed by atoms with E-state index in [1.165, 1.54) is 22.3 Å². The fourth-order valence-corrected chi connectivity index (χ4v) is 5.46. The summed E-state index contributed by atoms with van der Waals surface area (Å²) in [5.41, 5.74) is 8.57. The molecule has 2 aliphatic rings. The smallest absolute Gasteiger partial charge is 0.0838 e. The van der Waals surface area contributed by atoms with Crippen LogP contribution in [0.2, 0.25) is 0 Å². The van der Waals surface area contributed by atoms with Gasteiger partial charge in [-0.3, -0.25) is 0 Å². The molecule has 32 heavy (non-hydrogen) atoms. The van der Waals surface area contributed by atoms with Crippen LogP contribution in [0.3, 0.4) is 0 Å². The van der Waals surface area contributed by atoms with Crippen molar-refractivity contribution >= 4 is 48.9 Å². The Hall–Kier alpha value is -2.40. The first-order valence-electron chi connectivity index (χ1n) is 10.9. The van der Waals surface area contributed by atoms with E-state index in [9.17, 15) is 0 Å². The molecular weight excluding hydrogens is 526 g/mol. The number of anilines is 3. The molecule has 2 bridgehead atoms.